The molecule has 2 N–H and O–H groups in total. The zero-order valence-electron chi connectivity index (χ0n) is 14.3. The molecule has 0 saturated carbocycles. The highest BCUT2D eigenvalue weighted by Gasteiger charge is 2.10. The molecule has 0 fully saturated rings. The van der Waals surface area contributed by atoms with Gasteiger partial charge >= 0.3 is 0 Å². The lowest BCUT2D eigenvalue weighted by atomic mass is 10.2. The van der Waals surface area contributed by atoms with Crippen LogP contribution >= 0.6 is 51.7 Å². The molecule has 24 heavy (non-hydrogen) atoms. The van der Waals surface area contributed by atoms with Crippen LogP contribution in [0.5, 0.6) is 0 Å². The molecule has 0 spiro atoms. The van der Waals surface area contributed by atoms with E-state index in [-0.39, 0.29) is 29.9 Å². The smallest absolute Gasteiger partial charge is 0.224 e. The summed E-state index contributed by atoms with van der Waals surface area (Å²) in [5.74, 6) is 1.86. The number of rotatable bonds is 8. The van der Waals surface area contributed by atoms with Gasteiger partial charge in [-0.3, -0.25) is 9.79 Å². The number of guanidine groups is 1. The molecule has 8 heteroatoms. The maximum absolute atomic E-state index is 12.2. The third-order valence-corrected chi connectivity index (χ3v) is 4.63. The van der Waals surface area contributed by atoms with Crippen LogP contribution in [0.2, 0.25) is 0 Å². The number of halogens is 2. The van der Waals surface area contributed by atoms with Gasteiger partial charge in [0.2, 0.25) is 5.91 Å². The van der Waals surface area contributed by atoms with Gasteiger partial charge in [0.25, 0.3) is 0 Å². The highest BCUT2D eigenvalue weighted by atomic mass is 127. The first kappa shape index (κ1) is 23.5. The Morgan fingerprint density at radius 1 is 1.29 bits per heavy atom. The summed E-state index contributed by atoms with van der Waals surface area (Å²) in [4.78, 5) is 18.1. The molecule has 1 aromatic carbocycles. The third-order valence-electron chi connectivity index (χ3n) is 3.24. The maximum atomic E-state index is 12.2. The normalized spacial score (nSPS) is 10.8. The first-order chi connectivity index (χ1) is 11.1. The van der Waals surface area contributed by atoms with Crippen molar-refractivity contribution in [2.24, 2.45) is 4.99 Å². The Balaban J connectivity index is 0.00000529. The first-order valence-electron chi connectivity index (χ1n) is 7.49. The lowest BCUT2D eigenvalue weighted by Crippen LogP contribution is -2.40. The van der Waals surface area contributed by atoms with Gasteiger partial charge in [-0.2, -0.15) is 11.8 Å². The lowest BCUT2D eigenvalue weighted by molar-refractivity contribution is -0.130. The Bertz CT molecular complexity index is 531. The van der Waals surface area contributed by atoms with Gasteiger partial charge in [-0.15, -0.1) is 24.0 Å². The molecule has 0 aromatic heterocycles. The van der Waals surface area contributed by atoms with Crippen LogP contribution in [-0.4, -0.2) is 56.0 Å². The Kier molecular flexibility index (Phi) is 13.5. The number of benzene rings is 1. The Labute approximate surface area is 174 Å². The second-order valence-corrected chi connectivity index (χ2v) is 6.85. The summed E-state index contributed by atoms with van der Waals surface area (Å²) in [6, 6.07) is 7.95. The van der Waals surface area contributed by atoms with Crippen LogP contribution in [0.1, 0.15) is 12.0 Å². The average Bonchev–Trinajstić information content (AvgIpc) is 2.55. The predicted molar refractivity (Wildman–Crippen MR) is 118 cm³/mol. The number of nitrogens with zero attached hydrogens (tertiary/aromatic N) is 2. The Morgan fingerprint density at radius 2 is 1.96 bits per heavy atom. The molecule has 0 heterocycles. The zero-order valence-corrected chi connectivity index (χ0v) is 19.1. The second-order valence-electron chi connectivity index (χ2n) is 5.01. The monoisotopic (exact) mass is 528 g/mol. The van der Waals surface area contributed by atoms with E-state index in [2.05, 4.69) is 37.8 Å². The van der Waals surface area contributed by atoms with Crippen molar-refractivity contribution in [2.75, 3.05) is 39.2 Å². The maximum Gasteiger partial charge on any atom is 0.224 e. The van der Waals surface area contributed by atoms with Gasteiger partial charge < -0.3 is 15.5 Å². The quantitative estimate of drug-likeness (QED) is 0.236. The van der Waals surface area contributed by atoms with Crippen LogP contribution in [0, 0.1) is 0 Å². The number of nitrogens with one attached hydrogen (secondary N) is 2. The molecule has 0 bridgehead atoms. The average molecular weight is 529 g/mol. The van der Waals surface area contributed by atoms with E-state index in [1.807, 2.05) is 31.3 Å². The highest BCUT2D eigenvalue weighted by molar-refractivity contribution is 14.0. The van der Waals surface area contributed by atoms with Crippen LogP contribution in [0.4, 0.5) is 0 Å². The largest absolute Gasteiger partial charge is 0.356 e. The Morgan fingerprint density at radius 3 is 2.58 bits per heavy atom. The topological polar surface area (TPSA) is 56.7 Å². The summed E-state index contributed by atoms with van der Waals surface area (Å²) in [5, 5.41) is 6.37. The van der Waals surface area contributed by atoms with Gasteiger partial charge in [-0.05, 0) is 17.9 Å². The van der Waals surface area contributed by atoms with E-state index < -0.39 is 0 Å². The van der Waals surface area contributed by atoms with Gasteiger partial charge in [0.05, 0.1) is 0 Å². The number of carbonyl (C=O) groups is 1. The lowest BCUT2D eigenvalue weighted by Gasteiger charge is -2.19. The molecule has 0 unspecified atom stereocenters. The standard InChI is InChI=1S/C16H25BrN4OS.HI/c1-18-16(20-10-11-23-3)19-9-8-15(22)21(2)12-13-6-4-5-7-14(13)17;/h4-7H,8-12H2,1-3H3,(H2,18,19,20);1H. The molecule has 136 valence electrons. The summed E-state index contributed by atoms with van der Waals surface area (Å²) in [6.45, 7) is 2.02. The second kappa shape index (κ2) is 13.8. The molecule has 1 aromatic rings. The summed E-state index contributed by atoms with van der Waals surface area (Å²) in [6.07, 6.45) is 2.50. The third kappa shape index (κ3) is 9.12. The number of amides is 1. The number of hydrogen-bond acceptors (Lipinski definition) is 3. The predicted octanol–water partition coefficient (Wildman–Crippen LogP) is 2.94. The molecule has 0 radical (unpaired) electrons. The van der Waals surface area contributed by atoms with E-state index in [0.29, 0.717) is 19.5 Å². The van der Waals surface area contributed by atoms with Crippen molar-refractivity contribution in [1.29, 1.82) is 0 Å². The molecular formula is C16H26BrIN4OS. The van der Waals surface area contributed by atoms with Crippen molar-refractivity contribution in [1.82, 2.24) is 15.5 Å². The van der Waals surface area contributed by atoms with E-state index in [9.17, 15) is 4.79 Å². The van der Waals surface area contributed by atoms with Crippen molar-refractivity contribution in [3.63, 3.8) is 0 Å². The van der Waals surface area contributed by atoms with Gasteiger partial charge in [-0.1, -0.05) is 34.1 Å². The van der Waals surface area contributed by atoms with Gasteiger partial charge in [0, 0.05) is 50.4 Å². The summed E-state index contributed by atoms with van der Waals surface area (Å²) < 4.78 is 1.02. The van der Waals surface area contributed by atoms with Crippen molar-refractivity contribution in [3.05, 3.63) is 34.3 Å². The van der Waals surface area contributed by atoms with Gasteiger partial charge in [0.15, 0.2) is 5.96 Å². The first-order valence-corrected chi connectivity index (χ1v) is 9.68. The fourth-order valence-corrected chi connectivity index (χ4v) is 2.66. The fraction of sp³-hybridized carbons (Fsp3) is 0.500. The van der Waals surface area contributed by atoms with E-state index in [4.69, 9.17) is 0 Å². The van der Waals surface area contributed by atoms with E-state index in [0.717, 1.165) is 28.3 Å². The van der Waals surface area contributed by atoms with Crippen molar-refractivity contribution in [3.8, 4) is 0 Å². The molecule has 0 atom stereocenters. The summed E-state index contributed by atoms with van der Waals surface area (Å²) in [5.41, 5.74) is 1.10. The SMILES string of the molecule is CN=C(NCCSC)NCCC(=O)N(C)Cc1ccccc1Br.I. The van der Waals surface area contributed by atoms with Crippen LogP contribution < -0.4 is 10.6 Å². The molecule has 0 aliphatic rings. The molecule has 1 rings (SSSR count). The Hall–Kier alpha value is -0.480. The number of aliphatic imine (C=N–C) groups is 1. The van der Waals surface area contributed by atoms with E-state index in [1.165, 1.54) is 0 Å². The molecule has 0 aliphatic carbocycles. The molecule has 0 saturated heterocycles. The summed E-state index contributed by atoms with van der Waals surface area (Å²) >= 11 is 5.29. The molecule has 0 aliphatic heterocycles. The number of hydrogen-bond donors (Lipinski definition) is 2. The minimum atomic E-state index is 0. The summed E-state index contributed by atoms with van der Waals surface area (Å²) in [7, 11) is 3.56. The molecule has 5 nitrogen and oxygen atoms in total. The highest BCUT2D eigenvalue weighted by Crippen LogP contribution is 2.17. The molecular weight excluding hydrogens is 503 g/mol. The molecule has 1 amide bonds. The van der Waals surface area contributed by atoms with Gasteiger partial charge in [0.1, 0.15) is 0 Å². The minimum absolute atomic E-state index is 0. The van der Waals surface area contributed by atoms with Crippen LogP contribution in [0.15, 0.2) is 33.7 Å². The van der Waals surface area contributed by atoms with Crippen LogP contribution in [0.3, 0.4) is 0 Å². The van der Waals surface area contributed by atoms with Crippen LogP contribution in [0.25, 0.3) is 0 Å². The zero-order chi connectivity index (χ0) is 17.1. The van der Waals surface area contributed by atoms with Crippen molar-refractivity contribution in [2.45, 2.75) is 13.0 Å². The van der Waals surface area contributed by atoms with Gasteiger partial charge in [-0.25, -0.2) is 0 Å². The minimum Gasteiger partial charge on any atom is -0.356 e. The van der Waals surface area contributed by atoms with E-state index >= 15 is 0 Å². The fourth-order valence-electron chi connectivity index (χ4n) is 1.94. The van der Waals surface area contributed by atoms with Crippen molar-refractivity contribution >= 4 is 63.5 Å². The van der Waals surface area contributed by atoms with Crippen LogP contribution in [-0.2, 0) is 11.3 Å². The van der Waals surface area contributed by atoms with E-state index in [1.54, 1.807) is 23.7 Å². The van der Waals surface area contributed by atoms with Crippen molar-refractivity contribution < 1.29 is 4.79 Å². The number of thioether (sulfide) groups is 1. The number of carbonyl (C=O) groups excluding carboxylic acids is 1.